The molecule has 400 valence electrons. The third kappa shape index (κ3) is 25.5. The lowest BCUT2D eigenvalue weighted by Crippen LogP contribution is -2.53. The number of carboxylic acids is 5. The molecule has 7 atom stereocenters. The van der Waals surface area contributed by atoms with E-state index in [0.717, 1.165) is 5.56 Å². The second-order valence-electron chi connectivity index (χ2n) is 17.2. The fourth-order valence-electron chi connectivity index (χ4n) is 7.16. The van der Waals surface area contributed by atoms with Gasteiger partial charge >= 0.3 is 35.9 Å². The molecule has 73 heavy (non-hydrogen) atoms. The first kappa shape index (κ1) is 61.7. The molecule has 0 fully saturated rings. The van der Waals surface area contributed by atoms with E-state index >= 15 is 0 Å². The Kier molecular flexibility index (Phi) is 28.1. The number of thiol groups is 1. The molecule has 0 saturated carbocycles. The number of nitrogens with one attached hydrogen (secondary N) is 6. The van der Waals surface area contributed by atoms with Crippen LogP contribution in [-0.2, 0) is 65.6 Å². The maximum Gasteiger partial charge on any atom is 0.326 e. The zero-order chi connectivity index (χ0) is 54.5. The Balaban J connectivity index is 1.98. The van der Waals surface area contributed by atoms with Gasteiger partial charge in [0.25, 0.3) is 0 Å². The van der Waals surface area contributed by atoms with Gasteiger partial charge < -0.3 is 63.2 Å². The van der Waals surface area contributed by atoms with E-state index in [2.05, 4.69) is 39.2 Å². The Bertz CT molecular complexity index is 2220. The minimum Gasteiger partial charge on any atom is -0.481 e. The topological polar surface area (TPSA) is 404 Å². The van der Waals surface area contributed by atoms with Gasteiger partial charge in [0.1, 0.15) is 18.1 Å². The molecule has 0 saturated heterocycles. The normalized spacial score (nSPS) is 13.7. The van der Waals surface area contributed by atoms with Crippen molar-refractivity contribution in [2.45, 2.75) is 120 Å². The molecular formula is C48H65N7O17S. The third-order valence-corrected chi connectivity index (χ3v) is 11.7. The van der Waals surface area contributed by atoms with E-state index in [4.69, 9.17) is 10.8 Å². The second-order valence-corrected chi connectivity index (χ2v) is 17.5. The Morgan fingerprint density at radius 1 is 0.493 bits per heavy atom. The summed E-state index contributed by atoms with van der Waals surface area (Å²) in [5.41, 5.74) is 7.47. The van der Waals surface area contributed by atoms with Crippen molar-refractivity contribution in [3.63, 3.8) is 0 Å². The van der Waals surface area contributed by atoms with Crippen molar-refractivity contribution in [3.05, 3.63) is 71.8 Å². The molecule has 0 aromatic heterocycles. The number of amides is 6. The summed E-state index contributed by atoms with van der Waals surface area (Å²) in [6, 6.07) is 9.16. The molecular weight excluding hydrogens is 979 g/mol. The zero-order valence-electron chi connectivity index (χ0n) is 40.0. The Hall–Kier alpha value is -7.41. The standard InChI is InChI=1S/C48H65N7O17S/c49-32(44(65)53-36(25-42(62)63)38(57)24-31(27-73)45(66)67)26-51-43(64)30(21-28-11-5-3-6-12-28)23-37(56)35(22-29-13-7-4-8-14-29)52-40(59)15-9-1-2-10-20-50-39(58)18-16-33(46(68)69)54-48(72)55-34(47(70)71)17-19-41(60)61/h3-8,11-14,30-36,73H,1-2,9-10,15-27,49H2,(H,50,58)(H,51,64)(H,52,59)(H,53,65)(H,60,61)(H,62,63)(H,66,67)(H,68,69)(H,70,71)(H2,54,55,72)/t30?,31-,32+,33+,34+,35?,36+/m1/s1. The van der Waals surface area contributed by atoms with Gasteiger partial charge in [-0.05, 0) is 49.7 Å². The van der Waals surface area contributed by atoms with Crippen LogP contribution in [0.1, 0.15) is 88.2 Å². The van der Waals surface area contributed by atoms with Gasteiger partial charge in [0, 0.05) is 56.9 Å². The summed E-state index contributed by atoms with van der Waals surface area (Å²) < 4.78 is 0. The maximum absolute atomic E-state index is 14.1. The predicted molar refractivity (Wildman–Crippen MR) is 262 cm³/mol. The summed E-state index contributed by atoms with van der Waals surface area (Å²) in [7, 11) is 0. The molecule has 24 nitrogen and oxygen atoms in total. The molecule has 6 amide bonds. The molecule has 0 aliphatic heterocycles. The van der Waals surface area contributed by atoms with Gasteiger partial charge in [-0.25, -0.2) is 14.4 Å². The van der Waals surface area contributed by atoms with E-state index in [0.29, 0.717) is 31.2 Å². The quantitative estimate of drug-likeness (QED) is 0.0322. The van der Waals surface area contributed by atoms with E-state index in [1.54, 1.807) is 60.7 Å². The van der Waals surface area contributed by atoms with Gasteiger partial charge in [-0.3, -0.25) is 43.2 Å². The van der Waals surface area contributed by atoms with E-state index < -0.39 is 145 Å². The van der Waals surface area contributed by atoms with Crippen LogP contribution in [0.5, 0.6) is 0 Å². The first-order valence-corrected chi connectivity index (χ1v) is 24.1. The summed E-state index contributed by atoms with van der Waals surface area (Å²) >= 11 is 3.91. The number of unbranched alkanes of at least 4 members (excludes halogenated alkanes) is 3. The van der Waals surface area contributed by atoms with E-state index in [9.17, 15) is 78.0 Å². The molecule has 0 radical (unpaired) electrons. The smallest absolute Gasteiger partial charge is 0.326 e. The van der Waals surface area contributed by atoms with E-state index in [1.165, 1.54) is 0 Å². The average Bonchev–Trinajstić information content (AvgIpc) is 3.33. The number of carbonyl (C=O) groups excluding carboxylic acids is 7. The number of carbonyl (C=O) groups is 12. The number of rotatable bonds is 37. The van der Waals surface area contributed by atoms with Crippen LogP contribution in [0.2, 0.25) is 0 Å². The van der Waals surface area contributed by atoms with Gasteiger partial charge in [0.2, 0.25) is 23.6 Å². The van der Waals surface area contributed by atoms with Crippen LogP contribution in [0.15, 0.2) is 60.7 Å². The highest BCUT2D eigenvalue weighted by Gasteiger charge is 2.32. The summed E-state index contributed by atoms with van der Waals surface area (Å²) in [5, 5.41) is 60.4. The highest BCUT2D eigenvalue weighted by atomic mass is 32.1. The van der Waals surface area contributed by atoms with Crippen LogP contribution < -0.4 is 37.6 Å². The van der Waals surface area contributed by atoms with Gasteiger partial charge in [0.15, 0.2) is 11.6 Å². The fourth-order valence-corrected chi connectivity index (χ4v) is 7.45. The minimum atomic E-state index is -1.62. The number of aliphatic carboxylic acids is 5. The molecule has 2 rings (SSSR count). The third-order valence-electron chi connectivity index (χ3n) is 11.3. The number of nitrogens with two attached hydrogens (primary N) is 1. The average molecular weight is 1040 g/mol. The van der Waals surface area contributed by atoms with Crippen LogP contribution in [0, 0.1) is 11.8 Å². The van der Waals surface area contributed by atoms with Gasteiger partial charge in [-0.1, -0.05) is 73.5 Å². The van der Waals surface area contributed by atoms with Crippen LogP contribution in [0.25, 0.3) is 0 Å². The Labute approximate surface area is 425 Å². The monoisotopic (exact) mass is 1040 g/mol. The first-order chi connectivity index (χ1) is 34.6. The van der Waals surface area contributed by atoms with Crippen LogP contribution in [0.4, 0.5) is 4.79 Å². The van der Waals surface area contributed by atoms with Gasteiger partial charge in [0.05, 0.1) is 24.4 Å². The minimum absolute atomic E-state index is 0.0387. The van der Waals surface area contributed by atoms with Gasteiger partial charge in [-0.2, -0.15) is 12.6 Å². The lowest BCUT2D eigenvalue weighted by atomic mass is 9.89. The zero-order valence-corrected chi connectivity index (χ0v) is 40.9. The maximum atomic E-state index is 14.1. The number of carboxylic acid groups (broad SMARTS) is 5. The molecule has 2 unspecified atom stereocenters. The fraction of sp³-hybridized carbons (Fsp3) is 0.500. The van der Waals surface area contributed by atoms with Crippen molar-refractivity contribution in [2.24, 2.45) is 17.6 Å². The summed E-state index contributed by atoms with van der Waals surface area (Å²) in [6.45, 7) is -0.276. The summed E-state index contributed by atoms with van der Waals surface area (Å²) in [4.78, 5) is 148. The van der Waals surface area contributed by atoms with Gasteiger partial charge in [-0.15, -0.1) is 0 Å². The van der Waals surface area contributed by atoms with E-state index in [-0.39, 0.29) is 50.8 Å². The lowest BCUT2D eigenvalue weighted by Gasteiger charge is -2.23. The summed E-state index contributed by atoms with van der Waals surface area (Å²) in [6.07, 6.45) is -1.17. The largest absolute Gasteiger partial charge is 0.481 e. The van der Waals surface area contributed by atoms with Crippen LogP contribution >= 0.6 is 12.6 Å². The highest BCUT2D eigenvalue weighted by molar-refractivity contribution is 7.80. The number of Topliss-reactive ketones (excluding diaryl/α,β-unsaturated/α-hetero) is 2. The number of ketones is 2. The molecule has 0 spiro atoms. The van der Waals surface area contributed by atoms with Crippen molar-refractivity contribution in [1.29, 1.82) is 0 Å². The van der Waals surface area contributed by atoms with Crippen LogP contribution in [0.3, 0.4) is 0 Å². The van der Waals surface area contributed by atoms with Crippen LogP contribution in [-0.4, -0.2) is 146 Å². The molecule has 2 aromatic carbocycles. The molecule has 0 aliphatic rings. The first-order valence-electron chi connectivity index (χ1n) is 23.4. The van der Waals surface area contributed by atoms with Crippen molar-refractivity contribution in [2.75, 3.05) is 18.8 Å². The number of hydrogen-bond donors (Lipinski definition) is 13. The number of urea groups is 1. The SMILES string of the molecule is N[C@@H](CNC(=O)C(CC(=O)C(Cc1ccccc1)NC(=O)CCCCCCNC(=O)CC[C@H](NC(=O)N[C@@H](CCC(=O)O)C(=O)O)C(=O)O)Cc1ccccc1)C(=O)N[C@@H](CC(=O)O)C(=O)C[C@H](CS)C(=O)O. The molecule has 0 heterocycles. The van der Waals surface area contributed by atoms with E-state index in [1.807, 2.05) is 5.32 Å². The molecule has 13 N–H and O–H groups in total. The Morgan fingerprint density at radius 2 is 1.03 bits per heavy atom. The number of benzene rings is 2. The lowest BCUT2D eigenvalue weighted by molar-refractivity contribution is -0.144. The second kappa shape index (κ2) is 33.3. The van der Waals surface area contributed by atoms with Crippen molar-refractivity contribution >= 4 is 83.7 Å². The highest BCUT2D eigenvalue weighted by Crippen LogP contribution is 2.17. The molecule has 0 bridgehead atoms. The number of hydrogen-bond acceptors (Lipinski definition) is 14. The molecule has 25 heteroatoms. The van der Waals surface area contributed by atoms with Crippen molar-refractivity contribution in [1.82, 2.24) is 31.9 Å². The molecule has 0 aliphatic carbocycles. The summed E-state index contributed by atoms with van der Waals surface area (Å²) in [5.74, 6) is -13.5. The molecule has 2 aromatic rings. The predicted octanol–water partition coefficient (Wildman–Crippen LogP) is 0.442. The Morgan fingerprint density at radius 3 is 1.56 bits per heavy atom. The van der Waals surface area contributed by atoms with Crippen molar-refractivity contribution in [3.8, 4) is 0 Å². The van der Waals surface area contributed by atoms with Crippen molar-refractivity contribution < 1.29 is 83.1 Å².